The highest BCUT2D eigenvalue weighted by Gasteiger charge is 2.50. The van der Waals surface area contributed by atoms with Gasteiger partial charge in [-0.25, -0.2) is 9.69 Å². The molecule has 1 aliphatic rings. The van der Waals surface area contributed by atoms with Gasteiger partial charge in [-0.3, -0.25) is 9.48 Å². The Morgan fingerprint density at radius 2 is 1.95 bits per heavy atom. The molecule has 0 saturated carbocycles. The van der Waals surface area contributed by atoms with Crippen molar-refractivity contribution in [1.82, 2.24) is 14.7 Å². The largest absolute Gasteiger partial charge is 0.332 e. The van der Waals surface area contributed by atoms with Crippen molar-refractivity contribution in [2.24, 2.45) is 5.92 Å². The fraction of sp³-hybridized carbons (Fsp3) is 0.615. The monoisotopic (exact) mass is 264 g/mol. The molecule has 0 unspecified atom stereocenters. The summed E-state index contributed by atoms with van der Waals surface area (Å²) in [5.74, 6) is 0.237. The van der Waals surface area contributed by atoms with E-state index in [2.05, 4.69) is 18.9 Å². The average Bonchev–Trinajstić information content (AvgIpc) is 2.79. The summed E-state index contributed by atoms with van der Waals surface area (Å²) in [4.78, 5) is 27.1. The summed E-state index contributed by atoms with van der Waals surface area (Å²) in [7, 11) is 1.64. The lowest BCUT2D eigenvalue weighted by Crippen LogP contribution is -2.41. The van der Waals surface area contributed by atoms with E-state index in [1.807, 2.05) is 0 Å². The first kappa shape index (κ1) is 13.6. The predicted molar refractivity (Wildman–Crippen MR) is 71.8 cm³/mol. The molecule has 0 bridgehead atoms. The van der Waals surface area contributed by atoms with Gasteiger partial charge >= 0.3 is 6.03 Å². The molecule has 1 saturated heterocycles. The summed E-state index contributed by atoms with van der Waals surface area (Å²) >= 11 is 0. The fourth-order valence-electron chi connectivity index (χ4n) is 2.06. The third kappa shape index (κ3) is 2.11. The van der Waals surface area contributed by atoms with Gasteiger partial charge < -0.3 is 4.90 Å². The Morgan fingerprint density at radius 3 is 2.42 bits per heavy atom. The van der Waals surface area contributed by atoms with E-state index in [4.69, 9.17) is 0 Å². The maximum atomic E-state index is 12.3. The van der Waals surface area contributed by atoms with Crippen LogP contribution in [-0.2, 0) is 11.3 Å². The number of carbonyl (C=O) groups excluding carboxylic acids is 2. The second kappa shape index (κ2) is 4.36. The smallest absolute Gasteiger partial charge is 0.313 e. The van der Waals surface area contributed by atoms with E-state index < -0.39 is 5.54 Å². The van der Waals surface area contributed by atoms with Crippen LogP contribution in [0.4, 0.5) is 10.5 Å². The van der Waals surface area contributed by atoms with Gasteiger partial charge in [0, 0.05) is 19.8 Å². The molecule has 0 N–H and O–H groups in total. The molecular weight excluding hydrogens is 244 g/mol. The number of likely N-dealkylation sites (N-methyl/N-ethyl adjacent to an activating group) is 1. The number of imide groups is 1. The van der Waals surface area contributed by atoms with Gasteiger partial charge in [-0.2, -0.15) is 5.10 Å². The van der Waals surface area contributed by atoms with Crippen LogP contribution in [0.3, 0.4) is 0 Å². The molecule has 1 aliphatic heterocycles. The summed E-state index contributed by atoms with van der Waals surface area (Å²) in [5.41, 5.74) is -0.273. The van der Waals surface area contributed by atoms with Gasteiger partial charge in [0.15, 0.2) is 0 Å². The summed E-state index contributed by atoms with van der Waals surface area (Å²) in [6.07, 6.45) is 3.30. The zero-order chi connectivity index (χ0) is 14.4. The van der Waals surface area contributed by atoms with Crippen LogP contribution in [0.1, 0.15) is 27.7 Å². The first-order chi connectivity index (χ1) is 8.75. The molecule has 1 aromatic heterocycles. The van der Waals surface area contributed by atoms with Crippen molar-refractivity contribution in [1.29, 1.82) is 0 Å². The predicted octanol–water partition coefficient (Wildman–Crippen LogP) is 1.72. The van der Waals surface area contributed by atoms with E-state index in [1.54, 1.807) is 38.0 Å². The SMILES string of the molecule is CC(C)Cn1cc(N2C(=O)N(C)C(C)(C)C2=O)cn1. The highest BCUT2D eigenvalue weighted by Crippen LogP contribution is 2.30. The Bertz CT molecular complexity index is 518. The van der Waals surface area contributed by atoms with Gasteiger partial charge in [-0.1, -0.05) is 13.8 Å². The van der Waals surface area contributed by atoms with Crippen molar-refractivity contribution in [2.75, 3.05) is 11.9 Å². The Labute approximate surface area is 113 Å². The van der Waals surface area contributed by atoms with Gasteiger partial charge in [0.25, 0.3) is 5.91 Å². The fourth-order valence-corrected chi connectivity index (χ4v) is 2.06. The molecule has 104 valence electrons. The zero-order valence-electron chi connectivity index (χ0n) is 12.0. The average molecular weight is 264 g/mol. The van der Waals surface area contributed by atoms with Crippen molar-refractivity contribution >= 4 is 17.6 Å². The van der Waals surface area contributed by atoms with Crippen LogP contribution in [0.2, 0.25) is 0 Å². The van der Waals surface area contributed by atoms with Gasteiger partial charge in [0.1, 0.15) is 5.54 Å². The molecule has 0 aromatic carbocycles. The van der Waals surface area contributed by atoms with Crippen molar-refractivity contribution in [3.63, 3.8) is 0 Å². The topological polar surface area (TPSA) is 58.4 Å². The van der Waals surface area contributed by atoms with Crippen LogP contribution in [0.25, 0.3) is 0 Å². The normalized spacial score (nSPS) is 18.8. The van der Waals surface area contributed by atoms with Gasteiger partial charge in [0.05, 0.1) is 11.9 Å². The number of aromatic nitrogens is 2. The molecule has 1 fully saturated rings. The third-order valence-electron chi connectivity index (χ3n) is 3.47. The van der Waals surface area contributed by atoms with Crippen LogP contribution in [0.15, 0.2) is 12.4 Å². The molecule has 0 spiro atoms. The van der Waals surface area contributed by atoms with Crippen LogP contribution in [-0.4, -0.2) is 39.2 Å². The van der Waals surface area contributed by atoms with E-state index in [1.165, 1.54) is 9.80 Å². The Kier molecular flexibility index (Phi) is 3.12. The zero-order valence-corrected chi connectivity index (χ0v) is 12.0. The summed E-state index contributed by atoms with van der Waals surface area (Å²) in [5, 5.41) is 4.19. The van der Waals surface area contributed by atoms with Crippen LogP contribution < -0.4 is 4.90 Å². The first-order valence-electron chi connectivity index (χ1n) is 6.40. The minimum absolute atomic E-state index is 0.218. The van der Waals surface area contributed by atoms with Crippen LogP contribution in [0, 0.1) is 5.92 Å². The molecule has 0 atom stereocenters. The molecule has 6 nitrogen and oxygen atoms in total. The Balaban J connectivity index is 2.30. The number of anilines is 1. The van der Waals surface area contributed by atoms with Crippen molar-refractivity contribution in [3.8, 4) is 0 Å². The summed E-state index contributed by atoms with van der Waals surface area (Å²) < 4.78 is 1.76. The lowest BCUT2D eigenvalue weighted by Gasteiger charge is -2.22. The van der Waals surface area contributed by atoms with E-state index in [0.717, 1.165) is 6.54 Å². The number of hydrogen-bond acceptors (Lipinski definition) is 3. The third-order valence-corrected chi connectivity index (χ3v) is 3.47. The molecule has 0 aliphatic carbocycles. The number of hydrogen-bond donors (Lipinski definition) is 0. The number of nitrogens with zero attached hydrogens (tertiary/aromatic N) is 4. The van der Waals surface area contributed by atoms with Crippen LogP contribution >= 0.6 is 0 Å². The molecule has 2 rings (SSSR count). The lowest BCUT2D eigenvalue weighted by atomic mass is 10.1. The molecule has 2 heterocycles. The van der Waals surface area contributed by atoms with E-state index in [-0.39, 0.29) is 11.9 Å². The van der Waals surface area contributed by atoms with Gasteiger partial charge in [-0.05, 0) is 19.8 Å². The van der Waals surface area contributed by atoms with Gasteiger partial charge in [0.2, 0.25) is 0 Å². The minimum Gasteiger partial charge on any atom is -0.313 e. The number of rotatable bonds is 3. The Morgan fingerprint density at radius 1 is 1.32 bits per heavy atom. The Hall–Kier alpha value is -1.85. The van der Waals surface area contributed by atoms with Crippen molar-refractivity contribution < 1.29 is 9.59 Å². The maximum Gasteiger partial charge on any atom is 0.332 e. The second-order valence-electron chi connectivity index (χ2n) is 5.86. The van der Waals surface area contributed by atoms with E-state index >= 15 is 0 Å². The second-order valence-corrected chi connectivity index (χ2v) is 5.86. The first-order valence-corrected chi connectivity index (χ1v) is 6.40. The number of amides is 3. The molecule has 6 heteroatoms. The molecule has 1 aromatic rings. The summed E-state index contributed by atoms with van der Waals surface area (Å²) in [6, 6.07) is -0.306. The number of carbonyl (C=O) groups is 2. The lowest BCUT2D eigenvalue weighted by molar-refractivity contribution is -0.123. The van der Waals surface area contributed by atoms with Crippen molar-refractivity contribution in [3.05, 3.63) is 12.4 Å². The van der Waals surface area contributed by atoms with Gasteiger partial charge in [-0.15, -0.1) is 0 Å². The highest BCUT2D eigenvalue weighted by molar-refractivity contribution is 6.22. The highest BCUT2D eigenvalue weighted by atomic mass is 16.2. The molecule has 19 heavy (non-hydrogen) atoms. The maximum absolute atomic E-state index is 12.3. The van der Waals surface area contributed by atoms with Crippen LogP contribution in [0.5, 0.6) is 0 Å². The standard InChI is InChI=1S/C13H20N4O2/c1-9(2)7-16-8-10(6-14-16)17-11(18)13(3,4)15(5)12(17)19/h6,8-9H,7H2,1-5H3. The molecule has 0 radical (unpaired) electrons. The van der Waals surface area contributed by atoms with E-state index in [0.29, 0.717) is 11.6 Å². The van der Waals surface area contributed by atoms with Crippen molar-refractivity contribution in [2.45, 2.75) is 39.8 Å². The number of urea groups is 1. The minimum atomic E-state index is -0.808. The van der Waals surface area contributed by atoms with E-state index in [9.17, 15) is 9.59 Å². The summed E-state index contributed by atoms with van der Waals surface area (Å²) in [6.45, 7) is 8.42. The molecule has 3 amide bonds. The quantitative estimate of drug-likeness (QED) is 0.781. The molecular formula is C13H20N4O2.